The first kappa shape index (κ1) is 15.8. The smallest absolute Gasteiger partial charge is 0.0738 e. The molecule has 0 amide bonds. The topological polar surface area (TPSA) is 9.23 Å². The van der Waals surface area contributed by atoms with E-state index >= 15 is 0 Å². The Hall–Kier alpha value is -0.0400. The van der Waals surface area contributed by atoms with Crippen molar-refractivity contribution < 1.29 is 4.74 Å². The van der Waals surface area contributed by atoms with Gasteiger partial charge < -0.3 is 4.74 Å². The summed E-state index contributed by atoms with van der Waals surface area (Å²) in [4.78, 5) is 0. The van der Waals surface area contributed by atoms with Gasteiger partial charge in [0, 0.05) is 6.61 Å². The van der Waals surface area contributed by atoms with E-state index in [2.05, 4.69) is 0 Å². The van der Waals surface area contributed by atoms with Crippen LogP contribution in [0.5, 0.6) is 0 Å². The summed E-state index contributed by atoms with van der Waals surface area (Å²) in [5.41, 5.74) is 0.283. The molecule has 3 fully saturated rings. The molecule has 0 atom stereocenters. The second-order valence-electron chi connectivity index (χ2n) is 7.99. The molecule has 2 aliphatic carbocycles. The molecule has 2 saturated carbocycles. The predicted molar refractivity (Wildman–Crippen MR) is 89.5 cm³/mol. The number of hydrogen-bond donors (Lipinski definition) is 0. The highest BCUT2D eigenvalue weighted by molar-refractivity contribution is 4.96. The zero-order chi connectivity index (χ0) is 14.4. The van der Waals surface area contributed by atoms with E-state index in [1.165, 1.54) is 103 Å². The molecule has 0 N–H and O–H groups in total. The van der Waals surface area contributed by atoms with E-state index < -0.39 is 0 Å². The largest absolute Gasteiger partial charge is 0.374 e. The summed E-state index contributed by atoms with van der Waals surface area (Å²) in [6.07, 6.45) is 23.1. The highest BCUT2D eigenvalue weighted by Crippen LogP contribution is 2.48. The van der Waals surface area contributed by atoms with Crippen molar-refractivity contribution in [2.24, 2.45) is 11.8 Å². The fraction of sp³-hybridized carbons (Fsp3) is 1.00. The normalized spacial score (nSPS) is 30.3. The van der Waals surface area contributed by atoms with Crippen LogP contribution in [0.15, 0.2) is 0 Å². The molecule has 0 bridgehead atoms. The Morgan fingerprint density at radius 2 is 1.00 bits per heavy atom. The van der Waals surface area contributed by atoms with Crippen molar-refractivity contribution in [3.05, 3.63) is 0 Å². The van der Waals surface area contributed by atoms with Crippen LogP contribution in [0.1, 0.15) is 103 Å². The first-order chi connectivity index (χ1) is 10.4. The molecule has 1 nitrogen and oxygen atoms in total. The van der Waals surface area contributed by atoms with Gasteiger partial charge in [-0.25, -0.2) is 0 Å². The zero-order valence-corrected chi connectivity index (χ0v) is 14.1. The van der Waals surface area contributed by atoms with Crippen molar-refractivity contribution in [2.45, 2.75) is 108 Å². The second-order valence-corrected chi connectivity index (χ2v) is 7.99. The molecule has 3 aliphatic rings. The van der Waals surface area contributed by atoms with Crippen molar-refractivity contribution >= 4 is 0 Å². The molecule has 1 heterocycles. The highest BCUT2D eigenvalue weighted by Gasteiger charge is 2.45. The Labute approximate surface area is 132 Å². The van der Waals surface area contributed by atoms with Crippen LogP contribution in [0.3, 0.4) is 0 Å². The molecule has 21 heavy (non-hydrogen) atoms. The van der Waals surface area contributed by atoms with Gasteiger partial charge in [0.05, 0.1) is 5.60 Å². The fourth-order valence-electron chi connectivity index (χ4n) is 5.53. The average Bonchev–Trinajstić information content (AvgIpc) is 3.02. The summed E-state index contributed by atoms with van der Waals surface area (Å²) in [5, 5.41) is 0. The summed E-state index contributed by atoms with van der Waals surface area (Å²) in [5.74, 6) is 1.75. The Bertz CT molecular complexity index is 252. The lowest BCUT2D eigenvalue weighted by Gasteiger charge is -2.46. The van der Waals surface area contributed by atoms with E-state index in [1.54, 1.807) is 0 Å². The van der Waals surface area contributed by atoms with Gasteiger partial charge >= 0.3 is 0 Å². The minimum Gasteiger partial charge on any atom is -0.374 e. The van der Waals surface area contributed by atoms with Crippen LogP contribution in [0.2, 0.25) is 0 Å². The molecular formula is C20H36O. The summed E-state index contributed by atoms with van der Waals surface area (Å²) >= 11 is 0. The van der Waals surface area contributed by atoms with Gasteiger partial charge in [-0.2, -0.15) is 0 Å². The maximum absolute atomic E-state index is 6.78. The van der Waals surface area contributed by atoms with Gasteiger partial charge in [0.15, 0.2) is 0 Å². The van der Waals surface area contributed by atoms with E-state index in [4.69, 9.17) is 4.74 Å². The van der Waals surface area contributed by atoms with E-state index in [1.807, 2.05) is 0 Å². The molecule has 0 aromatic carbocycles. The fourth-order valence-corrected chi connectivity index (χ4v) is 5.53. The molecule has 0 spiro atoms. The summed E-state index contributed by atoms with van der Waals surface area (Å²) in [6, 6.07) is 0. The van der Waals surface area contributed by atoms with Crippen LogP contribution in [0, 0.1) is 11.8 Å². The Kier molecular flexibility index (Phi) is 6.03. The van der Waals surface area contributed by atoms with Gasteiger partial charge in [-0.1, -0.05) is 64.2 Å². The van der Waals surface area contributed by atoms with E-state index in [0.717, 1.165) is 18.4 Å². The summed E-state index contributed by atoms with van der Waals surface area (Å²) in [6.45, 7) is 1.05. The minimum absolute atomic E-state index is 0.283. The lowest BCUT2D eigenvalue weighted by Crippen LogP contribution is -2.47. The Balaban J connectivity index is 1.80. The molecule has 0 aromatic heterocycles. The van der Waals surface area contributed by atoms with Crippen LogP contribution in [-0.4, -0.2) is 12.2 Å². The van der Waals surface area contributed by atoms with Crippen molar-refractivity contribution in [1.82, 2.24) is 0 Å². The van der Waals surface area contributed by atoms with Gasteiger partial charge in [0.25, 0.3) is 0 Å². The first-order valence-corrected chi connectivity index (χ1v) is 10.1. The SMILES string of the molecule is C1CCCC(C2(C3CCCCCC3)CCCCCO2)CC1. The van der Waals surface area contributed by atoms with Gasteiger partial charge in [0.1, 0.15) is 0 Å². The van der Waals surface area contributed by atoms with Gasteiger partial charge in [-0.15, -0.1) is 0 Å². The van der Waals surface area contributed by atoms with Gasteiger partial charge in [-0.3, -0.25) is 0 Å². The van der Waals surface area contributed by atoms with Crippen molar-refractivity contribution in [1.29, 1.82) is 0 Å². The summed E-state index contributed by atoms with van der Waals surface area (Å²) in [7, 11) is 0. The maximum atomic E-state index is 6.78. The standard InChI is InChI=1S/C20H36O/c1-2-7-13-18(12-6-1)20(16-10-5-11-17-21-20)19-14-8-3-4-9-15-19/h18-19H,1-17H2. The Morgan fingerprint density at radius 3 is 1.52 bits per heavy atom. The molecule has 1 aliphatic heterocycles. The van der Waals surface area contributed by atoms with Crippen molar-refractivity contribution in [2.75, 3.05) is 6.61 Å². The molecule has 0 unspecified atom stereocenters. The average molecular weight is 293 g/mol. The lowest BCUT2D eigenvalue weighted by atomic mass is 9.68. The quantitative estimate of drug-likeness (QED) is 0.546. The molecule has 1 heteroatoms. The predicted octanol–water partition coefficient (Wildman–Crippen LogP) is 6.26. The molecule has 122 valence electrons. The highest BCUT2D eigenvalue weighted by atomic mass is 16.5. The van der Waals surface area contributed by atoms with Crippen LogP contribution >= 0.6 is 0 Å². The number of ether oxygens (including phenoxy) is 1. The number of rotatable bonds is 2. The Morgan fingerprint density at radius 1 is 0.524 bits per heavy atom. The molecule has 1 saturated heterocycles. The third kappa shape index (κ3) is 3.84. The third-order valence-corrected chi connectivity index (χ3v) is 6.68. The molecular weight excluding hydrogens is 256 g/mol. The molecule has 0 aromatic rings. The van der Waals surface area contributed by atoms with Crippen molar-refractivity contribution in [3.8, 4) is 0 Å². The lowest BCUT2D eigenvalue weighted by molar-refractivity contribution is -0.133. The van der Waals surface area contributed by atoms with Crippen LogP contribution in [0.4, 0.5) is 0 Å². The second kappa shape index (κ2) is 7.99. The summed E-state index contributed by atoms with van der Waals surface area (Å²) < 4.78 is 6.78. The van der Waals surface area contributed by atoms with Gasteiger partial charge in [-0.05, 0) is 50.4 Å². The van der Waals surface area contributed by atoms with Crippen LogP contribution in [0.25, 0.3) is 0 Å². The van der Waals surface area contributed by atoms with Crippen LogP contribution < -0.4 is 0 Å². The van der Waals surface area contributed by atoms with Crippen LogP contribution in [-0.2, 0) is 4.74 Å². The molecule has 3 rings (SSSR count). The van der Waals surface area contributed by atoms with Gasteiger partial charge in [0.2, 0.25) is 0 Å². The van der Waals surface area contributed by atoms with Crippen molar-refractivity contribution in [3.63, 3.8) is 0 Å². The van der Waals surface area contributed by atoms with E-state index in [9.17, 15) is 0 Å². The minimum atomic E-state index is 0.283. The third-order valence-electron chi connectivity index (χ3n) is 6.68. The zero-order valence-electron chi connectivity index (χ0n) is 14.1. The number of hydrogen-bond acceptors (Lipinski definition) is 1. The molecule has 0 radical (unpaired) electrons. The van der Waals surface area contributed by atoms with E-state index in [-0.39, 0.29) is 5.60 Å². The van der Waals surface area contributed by atoms with E-state index in [0.29, 0.717) is 0 Å². The maximum Gasteiger partial charge on any atom is 0.0738 e. The monoisotopic (exact) mass is 292 g/mol. The first-order valence-electron chi connectivity index (χ1n) is 10.1.